The summed E-state index contributed by atoms with van der Waals surface area (Å²) in [6, 6.07) is 0. The molecule has 0 bridgehead atoms. The van der Waals surface area contributed by atoms with Crippen molar-refractivity contribution in [3.63, 3.8) is 0 Å². The van der Waals surface area contributed by atoms with Crippen LogP contribution in [0.25, 0.3) is 0 Å². The van der Waals surface area contributed by atoms with Crippen LogP contribution in [0.15, 0.2) is 25.7 Å². The van der Waals surface area contributed by atoms with Crippen LogP contribution in [0.4, 0.5) is 0 Å². The zero-order valence-electron chi connectivity index (χ0n) is 12.6. The first kappa shape index (κ1) is 18.2. The SMILES string of the molecule is C=COCCC(=O)OCC1(COCCC(=O)OC=C)COC1. The Bertz CT molecular complexity index is 387. The first-order chi connectivity index (χ1) is 10.6. The van der Waals surface area contributed by atoms with Crippen LogP contribution in [0.3, 0.4) is 0 Å². The summed E-state index contributed by atoms with van der Waals surface area (Å²) in [6.07, 6.45) is 2.66. The molecule has 0 spiro atoms. The molecule has 0 amide bonds. The Morgan fingerprint density at radius 3 is 2.36 bits per heavy atom. The minimum Gasteiger partial charge on any atom is -0.501 e. The lowest BCUT2D eigenvalue weighted by Gasteiger charge is -2.40. The highest BCUT2D eigenvalue weighted by Gasteiger charge is 2.40. The summed E-state index contributed by atoms with van der Waals surface area (Å²) in [7, 11) is 0. The average molecular weight is 314 g/mol. The van der Waals surface area contributed by atoms with Crippen LogP contribution in [-0.2, 0) is 33.3 Å². The Morgan fingerprint density at radius 2 is 1.77 bits per heavy atom. The topological polar surface area (TPSA) is 80.3 Å². The van der Waals surface area contributed by atoms with Gasteiger partial charge in [-0.1, -0.05) is 13.2 Å². The van der Waals surface area contributed by atoms with Gasteiger partial charge in [0.15, 0.2) is 0 Å². The van der Waals surface area contributed by atoms with Gasteiger partial charge in [0.05, 0.1) is 63.8 Å². The molecule has 0 aromatic carbocycles. The van der Waals surface area contributed by atoms with E-state index in [2.05, 4.69) is 17.9 Å². The van der Waals surface area contributed by atoms with Crippen molar-refractivity contribution in [2.24, 2.45) is 5.41 Å². The molecule has 1 aliphatic rings. The second-order valence-corrected chi connectivity index (χ2v) is 4.90. The second-order valence-electron chi connectivity index (χ2n) is 4.90. The van der Waals surface area contributed by atoms with Crippen molar-refractivity contribution in [1.29, 1.82) is 0 Å². The van der Waals surface area contributed by atoms with Gasteiger partial charge in [0.1, 0.15) is 6.61 Å². The average Bonchev–Trinajstić information content (AvgIpc) is 2.45. The van der Waals surface area contributed by atoms with Gasteiger partial charge in [-0.3, -0.25) is 9.59 Å². The van der Waals surface area contributed by atoms with Crippen LogP contribution in [-0.4, -0.2) is 51.6 Å². The van der Waals surface area contributed by atoms with E-state index < -0.39 is 5.97 Å². The molecule has 1 fully saturated rings. The fourth-order valence-electron chi connectivity index (χ4n) is 1.73. The lowest BCUT2D eigenvalue weighted by molar-refractivity contribution is -0.186. The van der Waals surface area contributed by atoms with E-state index in [1.165, 1.54) is 6.26 Å². The molecule has 1 aliphatic heterocycles. The Morgan fingerprint density at radius 1 is 1.05 bits per heavy atom. The first-order valence-electron chi connectivity index (χ1n) is 6.96. The number of hydrogen-bond acceptors (Lipinski definition) is 7. The third-order valence-electron chi connectivity index (χ3n) is 2.97. The third kappa shape index (κ3) is 6.73. The summed E-state index contributed by atoms with van der Waals surface area (Å²) in [5.74, 6) is -0.745. The molecule has 0 aromatic heterocycles. The standard InChI is InChI=1S/C15H22O7/c1-3-18-7-5-14(17)22-12-15(10-20-11-15)9-19-8-6-13(16)21-4-2/h3-4H,1-2,5-12H2. The molecule has 0 unspecified atom stereocenters. The van der Waals surface area contributed by atoms with Gasteiger partial charge >= 0.3 is 11.9 Å². The predicted octanol–water partition coefficient (Wildman–Crippen LogP) is 1.19. The van der Waals surface area contributed by atoms with Crippen LogP contribution in [0, 0.1) is 5.41 Å². The summed E-state index contributed by atoms with van der Waals surface area (Å²) < 4.78 is 25.2. The number of rotatable bonds is 12. The quantitative estimate of drug-likeness (QED) is 0.304. The fourth-order valence-corrected chi connectivity index (χ4v) is 1.73. The third-order valence-corrected chi connectivity index (χ3v) is 2.97. The lowest BCUT2D eigenvalue weighted by Crippen LogP contribution is -2.50. The molecular weight excluding hydrogens is 292 g/mol. The lowest BCUT2D eigenvalue weighted by atomic mass is 9.88. The number of esters is 2. The highest BCUT2D eigenvalue weighted by Crippen LogP contribution is 2.28. The molecule has 0 radical (unpaired) electrons. The van der Waals surface area contributed by atoms with Gasteiger partial charge in [-0.05, 0) is 0 Å². The molecule has 0 aliphatic carbocycles. The maximum absolute atomic E-state index is 11.5. The van der Waals surface area contributed by atoms with E-state index in [9.17, 15) is 9.59 Å². The van der Waals surface area contributed by atoms with Crippen molar-refractivity contribution in [2.45, 2.75) is 12.8 Å². The molecular formula is C15H22O7. The van der Waals surface area contributed by atoms with E-state index in [1.54, 1.807) is 0 Å². The summed E-state index contributed by atoms with van der Waals surface area (Å²) >= 11 is 0. The van der Waals surface area contributed by atoms with E-state index in [0.29, 0.717) is 19.8 Å². The normalized spacial score (nSPS) is 15.3. The van der Waals surface area contributed by atoms with E-state index in [4.69, 9.17) is 18.9 Å². The smallest absolute Gasteiger partial charge is 0.312 e. The largest absolute Gasteiger partial charge is 0.501 e. The molecule has 1 rings (SSSR count). The highest BCUT2D eigenvalue weighted by atomic mass is 16.6. The predicted molar refractivity (Wildman–Crippen MR) is 76.7 cm³/mol. The van der Waals surface area contributed by atoms with Crippen molar-refractivity contribution in [3.05, 3.63) is 25.7 Å². The first-order valence-corrected chi connectivity index (χ1v) is 6.96. The number of hydrogen-bond donors (Lipinski definition) is 0. The molecule has 7 heteroatoms. The second kappa shape index (κ2) is 9.97. The van der Waals surface area contributed by atoms with Crippen LogP contribution in [0.5, 0.6) is 0 Å². The maximum Gasteiger partial charge on any atom is 0.312 e. The van der Waals surface area contributed by atoms with Gasteiger partial charge in [-0.25, -0.2) is 0 Å². The minimum atomic E-state index is -0.400. The molecule has 1 heterocycles. The maximum atomic E-state index is 11.5. The Labute approximate surface area is 129 Å². The van der Waals surface area contributed by atoms with Crippen molar-refractivity contribution >= 4 is 11.9 Å². The molecule has 0 aromatic rings. The number of ether oxygens (including phenoxy) is 5. The number of carbonyl (C=O) groups is 2. The van der Waals surface area contributed by atoms with Crippen molar-refractivity contribution in [3.8, 4) is 0 Å². The molecule has 124 valence electrons. The van der Waals surface area contributed by atoms with Gasteiger partial charge in [0, 0.05) is 0 Å². The van der Waals surface area contributed by atoms with Crippen LogP contribution in [0.2, 0.25) is 0 Å². The van der Waals surface area contributed by atoms with Gasteiger partial charge in [-0.2, -0.15) is 0 Å². The summed E-state index contributed by atoms with van der Waals surface area (Å²) in [5.41, 5.74) is -0.336. The monoisotopic (exact) mass is 314 g/mol. The Balaban J connectivity index is 2.18. The number of carbonyl (C=O) groups excluding carboxylic acids is 2. The molecule has 0 saturated carbocycles. The van der Waals surface area contributed by atoms with Crippen LogP contribution < -0.4 is 0 Å². The van der Waals surface area contributed by atoms with Crippen LogP contribution in [0.1, 0.15) is 12.8 Å². The highest BCUT2D eigenvalue weighted by molar-refractivity contribution is 5.70. The molecule has 0 N–H and O–H groups in total. The van der Waals surface area contributed by atoms with E-state index in [-0.39, 0.29) is 44.0 Å². The zero-order valence-corrected chi connectivity index (χ0v) is 12.6. The van der Waals surface area contributed by atoms with E-state index in [0.717, 1.165) is 6.26 Å². The van der Waals surface area contributed by atoms with Crippen molar-refractivity contribution < 1.29 is 33.3 Å². The fraction of sp³-hybridized carbons (Fsp3) is 0.600. The summed E-state index contributed by atoms with van der Waals surface area (Å²) in [5, 5.41) is 0. The molecule has 22 heavy (non-hydrogen) atoms. The van der Waals surface area contributed by atoms with Gasteiger partial charge in [-0.15, -0.1) is 0 Å². The van der Waals surface area contributed by atoms with E-state index in [1.807, 2.05) is 0 Å². The zero-order chi connectivity index (χ0) is 16.3. The van der Waals surface area contributed by atoms with Gasteiger partial charge in [0.2, 0.25) is 0 Å². The summed E-state index contributed by atoms with van der Waals surface area (Å²) in [4.78, 5) is 22.6. The Hall–Kier alpha value is -1.86. The Kier molecular flexibility index (Phi) is 8.24. The van der Waals surface area contributed by atoms with E-state index >= 15 is 0 Å². The molecule has 7 nitrogen and oxygen atoms in total. The van der Waals surface area contributed by atoms with Crippen molar-refractivity contribution in [2.75, 3.05) is 39.6 Å². The molecule has 0 atom stereocenters. The van der Waals surface area contributed by atoms with Crippen molar-refractivity contribution in [1.82, 2.24) is 0 Å². The van der Waals surface area contributed by atoms with Gasteiger partial charge < -0.3 is 23.7 Å². The van der Waals surface area contributed by atoms with Crippen LogP contribution >= 0.6 is 0 Å². The van der Waals surface area contributed by atoms with Gasteiger partial charge in [0.25, 0.3) is 0 Å². The molecule has 1 saturated heterocycles. The minimum absolute atomic E-state index is 0.141. The summed E-state index contributed by atoms with van der Waals surface area (Å²) in [6.45, 7) is 8.64.